The number of sulfonamides is 1. The second-order valence-electron chi connectivity index (χ2n) is 4.59. The fourth-order valence-electron chi connectivity index (χ4n) is 1.83. The van der Waals surface area contributed by atoms with E-state index >= 15 is 0 Å². The average Bonchev–Trinajstić information content (AvgIpc) is 2.43. The lowest BCUT2D eigenvalue weighted by molar-refractivity contribution is 0.600. The Morgan fingerprint density at radius 3 is 2.62 bits per heavy atom. The molecule has 0 aliphatic rings. The van der Waals surface area contributed by atoms with Gasteiger partial charge < -0.3 is 0 Å². The zero-order valence-electron chi connectivity index (χ0n) is 11.3. The van der Waals surface area contributed by atoms with Crippen LogP contribution in [0.15, 0.2) is 42.5 Å². The molecule has 2 aromatic carbocycles. The van der Waals surface area contributed by atoms with Gasteiger partial charge in [0, 0.05) is 0 Å². The van der Waals surface area contributed by atoms with Gasteiger partial charge >= 0.3 is 0 Å². The Morgan fingerprint density at radius 2 is 1.95 bits per heavy atom. The van der Waals surface area contributed by atoms with Gasteiger partial charge in [0.2, 0.25) is 10.0 Å². The van der Waals surface area contributed by atoms with Crippen molar-refractivity contribution < 1.29 is 12.8 Å². The molecule has 1 N–H and O–H groups in total. The highest BCUT2D eigenvalue weighted by Gasteiger charge is 2.15. The molecular weight excluding hydrogens is 291 g/mol. The first kappa shape index (κ1) is 15.0. The van der Waals surface area contributed by atoms with E-state index in [4.69, 9.17) is 5.26 Å². The highest BCUT2D eigenvalue weighted by atomic mass is 32.2. The fraction of sp³-hybridized carbons (Fsp3) is 0.133. The Balaban J connectivity index is 2.23. The van der Waals surface area contributed by atoms with E-state index in [1.807, 2.05) is 6.07 Å². The molecule has 0 saturated carbocycles. The van der Waals surface area contributed by atoms with Crippen molar-refractivity contribution >= 4 is 15.7 Å². The lowest BCUT2D eigenvalue weighted by atomic mass is 10.1. The second-order valence-corrected chi connectivity index (χ2v) is 6.32. The molecule has 0 amide bonds. The summed E-state index contributed by atoms with van der Waals surface area (Å²) in [7, 11) is -3.72. The molecule has 0 aliphatic carbocycles. The van der Waals surface area contributed by atoms with Crippen LogP contribution < -0.4 is 4.72 Å². The van der Waals surface area contributed by atoms with E-state index < -0.39 is 15.8 Å². The van der Waals surface area contributed by atoms with Crippen LogP contribution in [-0.4, -0.2) is 8.42 Å². The summed E-state index contributed by atoms with van der Waals surface area (Å²) in [5.74, 6) is -0.820. The summed E-state index contributed by atoms with van der Waals surface area (Å²) in [4.78, 5) is 0. The summed E-state index contributed by atoms with van der Waals surface area (Å²) < 4.78 is 39.9. The standard InChI is InChI=1S/C15H13FN2O2S/c1-11-6-7-14(8-15(11)16)18-21(19,20)10-13-5-3-2-4-12(13)9-17/h2-8,18H,10H2,1H3. The summed E-state index contributed by atoms with van der Waals surface area (Å²) in [5.41, 5.74) is 1.30. The molecule has 6 heteroatoms. The Kier molecular flexibility index (Phi) is 4.24. The molecule has 2 aromatic rings. The molecule has 0 aromatic heterocycles. The molecule has 0 aliphatic heterocycles. The van der Waals surface area contributed by atoms with Gasteiger partial charge in [0.15, 0.2) is 0 Å². The third kappa shape index (κ3) is 3.80. The third-order valence-electron chi connectivity index (χ3n) is 2.93. The monoisotopic (exact) mass is 304 g/mol. The highest BCUT2D eigenvalue weighted by Crippen LogP contribution is 2.17. The van der Waals surface area contributed by atoms with Gasteiger partial charge in [-0.1, -0.05) is 24.3 Å². The van der Waals surface area contributed by atoms with Crippen LogP contribution in [0, 0.1) is 24.1 Å². The summed E-state index contributed by atoms with van der Waals surface area (Å²) in [6.07, 6.45) is 0. The van der Waals surface area contributed by atoms with Crippen molar-refractivity contribution in [2.75, 3.05) is 4.72 Å². The van der Waals surface area contributed by atoms with Crippen LogP contribution in [0.1, 0.15) is 16.7 Å². The van der Waals surface area contributed by atoms with Crippen molar-refractivity contribution in [3.05, 3.63) is 65.0 Å². The third-order valence-corrected chi connectivity index (χ3v) is 4.17. The van der Waals surface area contributed by atoms with Gasteiger partial charge in [-0.25, -0.2) is 12.8 Å². The minimum absolute atomic E-state index is 0.160. The quantitative estimate of drug-likeness (QED) is 0.944. The molecule has 4 nitrogen and oxygen atoms in total. The number of aryl methyl sites for hydroxylation is 1. The van der Waals surface area contributed by atoms with Crippen molar-refractivity contribution in [1.29, 1.82) is 5.26 Å². The lowest BCUT2D eigenvalue weighted by Gasteiger charge is -2.09. The van der Waals surface area contributed by atoms with Crippen LogP contribution in [0.25, 0.3) is 0 Å². The van der Waals surface area contributed by atoms with Crippen molar-refractivity contribution in [3.63, 3.8) is 0 Å². The molecule has 0 heterocycles. The minimum Gasteiger partial charge on any atom is -0.283 e. The predicted octanol–water partition coefficient (Wildman–Crippen LogP) is 2.95. The molecule has 0 saturated heterocycles. The maximum Gasteiger partial charge on any atom is 0.236 e. The van der Waals surface area contributed by atoms with Gasteiger partial charge in [-0.15, -0.1) is 0 Å². The molecule has 21 heavy (non-hydrogen) atoms. The van der Waals surface area contributed by atoms with Crippen LogP contribution in [0.5, 0.6) is 0 Å². The smallest absolute Gasteiger partial charge is 0.236 e. The molecular formula is C15H13FN2O2S. The number of hydrogen-bond donors (Lipinski definition) is 1. The number of anilines is 1. The Labute approximate surface area is 122 Å². The number of rotatable bonds is 4. The molecule has 0 fully saturated rings. The van der Waals surface area contributed by atoms with E-state index in [-0.39, 0.29) is 11.4 Å². The molecule has 2 rings (SSSR count). The Bertz CT molecular complexity index is 811. The number of benzene rings is 2. The van der Waals surface area contributed by atoms with Crippen LogP contribution in [0.2, 0.25) is 0 Å². The first-order valence-corrected chi connectivity index (χ1v) is 7.81. The van der Waals surface area contributed by atoms with Crippen molar-refractivity contribution in [1.82, 2.24) is 0 Å². The van der Waals surface area contributed by atoms with Crippen molar-refractivity contribution in [2.45, 2.75) is 12.7 Å². The Hall–Kier alpha value is -2.39. The van der Waals surface area contributed by atoms with Gasteiger partial charge in [-0.2, -0.15) is 5.26 Å². The van der Waals surface area contributed by atoms with Crippen molar-refractivity contribution in [2.24, 2.45) is 0 Å². The maximum atomic E-state index is 13.4. The van der Waals surface area contributed by atoms with Crippen LogP contribution in [0.4, 0.5) is 10.1 Å². The summed E-state index contributed by atoms with van der Waals surface area (Å²) in [6, 6.07) is 12.5. The first-order chi connectivity index (χ1) is 9.91. The molecule has 0 radical (unpaired) electrons. The van der Waals surface area contributed by atoms with E-state index in [1.54, 1.807) is 31.2 Å². The van der Waals surface area contributed by atoms with E-state index in [0.717, 1.165) is 6.07 Å². The number of hydrogen-bond acceptors (Lipinski definition) is 3. The normalized spacial score (nSPS) is 10.9. The number of halogens is 1. The van der Waals surface area contributed by atoms with E-state index in [9.17, 15) is 12.8 Å². The van der Waals surface area contributed by atoms with Gasteiger partial charge in [0.1, 0.15) is 5.82 Å². The van der Waals surface area contributed by atoms with E-state index in [0.29, 0.717) is 16.7 Å². The number of nitrogens with zero attached hydrogens (tertiary/aromatic N) is 1. The fourth-order valence-corrected chi connectivity index (χ4v) is 3.05. The topological polar surface area (TPSA) is 70.0 Å². The summed E-state index contributed by atoms with van der Waals surface area (Å²) in [6.45, 7) is 1.59. The highest BCUT2D eigenvalue weighted by molar-refractivity contribution is 7.91. The summed E-state index contributed by atoms with van der Waals surface area (Å²) >= 11 is 0. The van der Waals surface area contributed by atoms with Gasteiger partial charge in [-0.3, -0.25) is 4.72 Å². The van der Waals surface area contributed by atoms with Gasteiger partial charge in [-0.05, 0) is 36.2 Å². The lowest BCUT2D eigenvalue weighted by Crippen LogP contribution is -2.16. The zero-order chi connectivity index (χ0) is 15.5. The van der Waals surface area contributed by atoms with Gasteiger partial charge in [0.05, 0.1) is 23.1 Å². The Morgan fingerprint density at radius 1 is 1.24 bits per heavy atom. The molecule has 0 unspecified atom stereocenters. The van der Waals surface area contributed by atoms with Gasteiger partial charge in [0.25, 0.3) is 0 Å². The minimum atomic E-state index is -3.72. The average molecular weight is 304 g/mol. The summed E-state index contributed by atoms with van der Waals surface area (Å²) in [5, 5.41) is 8.96. The first-order valence-electron chi connectivity index (χ1n) is 6.16. The predicted molar refractivity (Wildman–Crippen MR) is 78.5 cm³/mol. The SMILES string of the molecule is Cc1ccc(NS(=O)(=O)Cc2ccccc2C#N)cc1F. The second kappa shape index (κ2) is 5.94. The zero-order valence-corrected chi connectivity index (χ0v) is 12.1. The molecule has 0 bridgehead atoms. The molecule has 0 atom stereocenters. The van der Waals surface area contributed by atoms with E-state index in [1.165, 1.54) is 12.1 Å². The van der Waals surface area contributed by atoms with Crippen LogP contribution >= 0.6 is 0 Å². The maximum absolute atomic E-state index is 13.4. The molecule has 108 valence electrons. The largest absolute Gasteiger partial charge is 0.283 e. The number of nitriles is 1. The number of nitrogens with one attached hydrogen (secondary N) is 1. The molecule has 0 spiro atoms. The van der Waals surface area contributed by atoms with E-state index in [2.05, 4.69) is 4.72 Å². The van der Waals surface area contributed by atoms with Crippen LogP contribution in [-0.2, 0) is 15.8 Å². The van der Waals surface area contributed by atoms with Crippen LogP contribution in [0.3, 0.4) is 0 Å². The van der Waals surface area contributed by atoms with Crippen molar-refractivity contribution in [3.8, 4) is 6.07 Å².